The van der Waals surface area contributed by atoms with Gasteiger partial charge in [-0.25, -0.2) is 8.42 Å². The van der Waals surface area contributed by atoms with Gasteiger partial charge in [0.2, 0.25) is 0 Å². The third-order valence-electron chi connectivity index (χ3n) is 2.56. The van der Waals surface area contributed by atoms with Crippen LogP contribution in [-0.4, -0.2) is 37.2 Å². The molecule has 0 aliphatic carbocycles. The van der Waals surface area contributed by atoms with Crippen molar-refractivity contribution in [2.24, 2.45) is 0 Å². The maximum Gasteiger partial charge on any atom is 0.325 e. The van der Waals surface area contributed by atoms with Crippen molar-refractivity contribution in [3.63, 3.8) is 0 Å². The summed E-state index contributed by atoms with van der Waals surface area (Å²) in [7, 11) is -3.54. The Labute approximate surface area is 111 Å². The third-order valence-corrected chi connectivity index (χ3v) is 4.35. The van der Waals surface area contributed by atoms with Crippen molar-refractivity contribution in [3.8, 4) is 0 Å². The molecule has 1 amide bonds. The second-order valence-electron chi connectivity index (χ2n) is 3.93. The van der Waals surface area contributed by atoms with Gasteiger partial charge < -0.3 is 10.4 Å². The van der Waals surface area contributed by atoms with Crippen LogP contribution in [0.15, 0.2) is 29.2 Å². The Morgan fingerprint density at radius 3 is 2.42 bits per heavy atom. The second-order valence-corrected chi connectivity index (χ2v) is 6.18. The summed E-state index contributed by atoms with van der Waals surface area (Å²) in [4.78, 5) is 22.5. The van der Waals surface area contributed by atoms with E-state index in [9.17, 15) is 18.0 Å². The van der Waals surface area contributed by atoms with Crippen molar-refractivity contribution < 1.29 is 23.1 Å². The number of nitrogens with one attached hydrogen (secondary N) is 1. The van der Waals surface area contributed by atoms with Gasteiger partial charge in [0.05, 0.1) is 16.2 Å². The highest BCUT2D eigenvalue weighted by Crippen LogP contribution is 2.17. The number of hydrogen-bond acceptors (Lipinski definition) is 4. The Kier molecular flexibility index (Phi) is 4.66. The first-order valence-electron chi connectivity index (χ1n) is 5.65. The van der Waals surface area contributed by atoms with E-state index in [2.05, 4.69) is 5.32 Å². The largest absolute Gasteiger partial charge is 0.480 e. The number of sulfone groups is 1. The van der Waals surface area contributed by atoms with E-state index in [1.54, 1.807) is 0 Å². The summed E-state index contributed by atoms with van der Waals surface area (Å²) in [6, 6.07) is 4.63. The van der Waals surface area contributed by atoms with Crippen LogP contribution in [0.5, 0.6) is 0 Å². The summed E-state index contributed by atoms with van der Waals surface area (Å²) in [5, 5.41) is 10.9. The highest BCUT2D eigenvalue weighted by Gasteiger charge is 2.22. The van der Waals surface area contributed by atoms with Gasteiger partial charge in [-0.3, -0.25) is 9.59 Å². The molecule has 1 atom stereocenters. The molecule has 2 N–H and O–H groups in total. The highest BCUT2D eigenvalue weighted by molar-refractivity contribution is 7.91. The molecule has 1 aromatic carbocycles. The summed E-state index contributed by atoms with van der Waals surface area (Å²) in [6.07, 6.45) is 0. The molecule has 0 saturated carbocycles. The maximum absolute atomic E-state index is 11.9. The van der Waals surface area contributed by atoms with Gasteiger partial charge in [-0.05, 0) is 19.1 Å². The SMILES string of the molecule is CCS(=O)(=O)c1ccccc1C(=O)N[C@H](C)C(=O)O. The lowest BCUT2D eigenvalue weighted by molar-refractivity contribution is -0.138. The second kappa shape index (κ2) is 5.83. The van der Waals surface area contributed by atoms with Crippen molar-refractivity contribution >= 4 is 21.7 Å². The first-order valence-corrected chi connectivity index (χ1v) is 7.30. The van der Waals surface area contributed by atoms with Crippen LogP contribution in [0.2, 0.25) is 0 Å². The van der Waals surface area contributed by atoms with Crippen LogP contribution in [-0.2, 0) is 14.6 Å². The standard InChI is InChI=1S/C12H15NO5S/c1-3-19(17,18)10-7-5-4-6-9(10)11(14)13-8(2)12(15)16/h4-8H,3H2,1-2H3,(H,13,14)(H,15,16)/t8-/m1/s1. The number of carbonyl (C=O) groups excluding carboxylic acids is 1. The van der Waals surface area contributed by atoms with E-state index in [0.717, 1.165) is 0 Å². The van der Waals surface area contributed by atoms with E-state index < -0.39 is 27.8 Å². The van der Waals surface area contributed by atoms with Gasteiger partial charge in [-0.15, -0.1) is 0 Å². The quantitative estimate of drug-likeness (QED) is 0.828. The molecule has 0 aromatic heterocycles. The normalized spacial score (nSPS) is 12.7. The molecular formula is C12H15NO5S. The highest BCUT2D eigenvalue weighted by atomic mass is 32.2. The number of carboxylic acid groups (broad SMARTS) is 1. The summed E-state index contributed by atoms with van der Waals surface area (Å²) >= 11 is 0. The zero-order valence-electron chi connectivity index (χ0n) is 10.6. The first kappa shape index (κ1) is 15.2. The fourth-order valence-electron chi connectivity index (χ4n) is 1.42. The van der Waals surface area contributed by atoms with Gasteiger partial charge in [-0.2, -0.15) is 0 Å². The zero-order valence-corrected chi connectivity index (χ0v) is 11.4. The van der Waals surface area contributed by atoms with E-state index in [1.807, 2.05) is 0 Å². The molecule has 104 valence electrons. The van der Waals surface area contributed by atoms with Crippen molar-refractivity contribution in [1.82, 2.24) is 5.32 Å². The summed E-state index contributed by atoms with van der Waals surface area (Å²) in [5.41, 5.74) is -0.0440. The molecule has 1 aromatic rings. The van der Waals surface area contributed by atoms with Crippen molar-refractivity contribution in [2.45, 2.75) is 24.8 Å². The molecular weight excluding hydrogens is 270 g/mol. The van der Waals surface area contributed by atoms with Gasteiger partial charge in [0, 0.05) is 0 Å². The van der Waals surface area contributed by atoms with Gasteiger partial charge >= 0.3 is 5.97 Å². The lowest BCUT2D eigenvalue weighted by atomic mass is 10.2. The Hall–Kier alpha value is -1.89. The molecule has 0 fully saturated rings. The van der Waals surface area contributed by atoms with Crippen LogP contribution >= 0.6 is 0 Å². The minimum atomic E-state index is -3.54. The van der Waals surface area contributed by atoms with Crippen LogP contribution in [0.3, 0.4) is 0 Å². The minimum absolute atomic E-state index is 0.0440. The van der Waals surface area contributed by atoms with Crippen LogP contribution in [0.4, 0.5) is 0 Å². The molecule has 1 rings (SSSR count). The van der Waals surface area contributed by atoms with Crippen molar-refractivity contribution in [2.75, 3.05) is 5.75 Å². The van der Waals surface area contributed by atoms with Gasteiger partial charge in [-0.1, -0.05) is 19.1 Å². The molecule has 0 unspecified atom stereocenters. The third kappa shape index (κ3) is 3.54. The van der Waals surface area contributed by atoms with Gasteiger partial charge in [0.25, 0.3) is 5.91 Å². The Morgan fingerprint density at radius 1 is 1.32 bits per heavy atom. The monoisotopic (exact) mass is 285 g/mol. The number of aliphatic carboxylic acids is 1. The van der Waals surface area contributed by atoms with Crippen LogP contribution in [0, 0.1) is 0 Å². The van der Waals surface area contributed by atoms with Gasteiger partial charge in [0.1, 0.15) is 6.04 Å². The topological polar surface area (TPSA) is 101 Å². The van der Waals surface area contributed by atoms with E-state index in [-0.39, 0.29) is 16.2 Å². The number of benzene rings is 1. The Bertz CT molecular complexity index is 594. The lowest BCUT2D eigenvalue weighted by Gasteiger charge is -2.12. The predicted molar refractivity (Wildman–Crippen MR) is 68.7 cm³/mol. The van der Waals surface area contributed by atoms with Crippen LogP contribution < -0.4 is 5.32 Å². The summed E-state index contributed by atoms with van der Waals surface area (Å²) in [5.74, 6) is -2.04. The van der Waals surface area contributed by atoms with E-state index in [1.165, 1.54) is 38.1 Å². The number of amides is 1. The average Bonchev–Trinajstić information content (AvgIpc) is 2.38. The van der Waals surface area contributed by atoms with Crippen LogP contribution in [0.1, 0.15) is 24.2 Å². The first-order chi connectivity index (χ1) is 8.79. The smallest absolute Gasteiger partial charge is 0.325 e. The molecule has 0 heterocycles. The molecule has 7 heteroatoms. The fourth-order valence-corrected chi connectivity index (χ4v) is 2.51. The Morgan fingerprint density at radius 2 is 1.89 bits per heavy atom. The minimum Gasteiger partial charge on any atom is -0.480 e. The number of carbonyl (C=O) groups is 2. The van der Waals surface area contributed by atoms with E-state index in [4.69, 9.17) is 5.11 Å². The summed E-state index contributed by atoms with van der Waals surface area (Å²) in [6.45, 7) is 2.78. The zero-order chi connectivity index (χ0) is 14.6. The number of hydrogen-bond donors (Lipinski definition) is 2. The van der Waals surface area contributed by atoms with E-state index in [0.29, 0.717) is 0 Å². The molecule has 0 aliphatic heterocycles. The molecule has 0 bridgehead atoms. The number of rotatable bonds is 5. The summed E-state index contributed by atoms with van der Waals surface area (Å²) < 4.78 is 23.7. The van der Waals surface area contributed by atoms with Crippen molar-refractivity contribution in [1.29, 1.82) is 0 Å². The van der Waals surface area contributed by atoms with Gasteiger partial charge in [0.15, 0.2) is 9.84 Å². The van der Waals surface area contributed by atoms with Crippen molar-refractivity contribution in [3.05, 3.63) is 29.8 Å². The fraction of sp³-hybridized carbons (Fsp3) is 0.333. The number of carboxylic acids is 1. The molecule has 0 saturated heterocycles. The predicted octanol–water partition coefficient (Wildman–Crippen LogP) is 0.683. The molecule has 0 radical (unpaired) electrons. The average molecular weight is 285 g/mol. The van der Waals surface area contributed by atoms with Crippen LogP contribution in [0.25, 0.3) is 0 Å². The van der Waals surface area contributed by atoms with E-state index >= 15 is 0 Å². The molecule has 19 heavy (non-hydrogen) atoms. The molecule has 0 aliphatic rings. The molecule has 6 nitrogen and oxygen atoms in total. The molecule has 0 spiro atoms. The lowest BCUT2D eigenvalue weighted by Crippen LogP contribution is -2.38. The maximum atomic E-state index is 11.9. The Balaban J connectivity index is 3.15.